The molecule has 0 spiro atoms. The molecule has 0 aliphatic heterocycles. The summed E-state index contributed by atoms with van der Waals surface area (Å²) in [6.45, 7) is 6.67. The molecule has 2 rings (SSSR count). The zero-order valence-corrected chi connectivity index (χ0v) is 10.1. The Balaban J connectivity index is 1.96. The molecule has 2 aliphatic carbocycles. The summed E-state index contributed by atoms with van der Waals surface area (Å²) in [7, 11) is 0. The van der Waals surface area contributed by atoms with Crippen molar-refractivity contribution in [3.05, 3.63) is 23.5 Å². The molecule has 0 saturated heterocycles. The number of hydrogen-bond donors (Lipinski definition) is 0. The number of allylic oxidation sites excluding steroid dienone is 2. The highest BCUT2D eigenvalue weighted by molar-refractivity contribution is 5.85. The van der Waals surface area contributed by atoms with E-state index in [1.165, 1.54) is 12.0 Å². The fourth-order valence-electron chi connectivity index (χ4n) is 2.02. The van der Waals surface area contributed by atoms with Crippen LogP contribution >= 0.6 is 0 Å². The van der Waals surface area contributed by atoms with E-state index >= 15 is 0 Å². The third-order valence-corrected chi connectivity index (χ3v) is 3.31. The summed E-state index contributed by atoms with van der Waals surface area (Å²) >= 11 is 0. The molecule has 0 aromatic rings. The topological polar surface area (TPSA) is 26.3 Å². The minimum atomic E-state index is 0.325. The molecule has 2 nitrogen and oxygen atoms in total. The predicted octanol–water partition coefficient (Wildman–Crippen LogP) is 3.39. The van der Waals surface area contributed by atoms with Gasteiger partial charge < -0.3 is 4.74 Å². The van der Waals surface area contributed by atoms with E-state index < -0.39 is 0 Å². The third kappa shape index (κ3) is 2.55. The average Bonchev–Trinajstić information content (AvgIpc) is 2.97. The number of ether oxygens (including phenoxy) is 1. The van der Waals surface area contributed by atoms with Crippen LogP contribution in [-0.2, 0) is 9.53 Å². The van der Waals surface area contributed by atoms with Crippen LogP contribution in [0.15, 0.2) is 23.5 Å². The number of Topliss-reactive ketones (excluding diaryl/α,β-unsaturated/α-hetero) is 1. The van der Waals surface area contributed by atoms with Gasteiger partial charge in [-0.1, -0.05) is 6.58 Å². The van der Waals surface area contributed by atoms with Crippen LogP contribution in [0.25, 0.3) is 0 Å². The molecule has 2 heteroatoms. The van der Waals surface area contributed by atoms with E-state index in [-0.39, 0.29) is 0 Å². The molecule has 16 heavy (non-hydrogen) atoms. The van der Waals surface area contributed by atoms with Gasteiger partial charge in [-0.05, 0) is 50.2 Å². The molecule has 0 N–H and O–H groups in total. The van der Waals surface area contributed by atoms with E-state index in [0.29, 0.717) is 24.7 Å². The first kappa shape index (κ1) is 11.4. The second-order valence-electron chi connectivity index (χ2n) is 4.74. The molecule has 0 bridgehead atoms. The molecular formula is C14H20O2. The van der Waals surface area contributed by atoms with Gasteiger partial charge in [0.05, 0.1) is 6.61 Å². The average molecular weight is 220 g/mol. The molecule has 88 valence electrons. The molecular weight excluding hydrogens is 200 g/mol. The maximum Gasteiger partial charge on any atom is 0.140 e. The van der Waals surface area contributed by atoms with Gasteiger partial charge in [0, 0.05) is 12.3 Å². The minimum Gasteiger partial charge on any atom is -0.494 e. The maximum absolute atomic E-state index is 11.7. The largest absolute Gasteiger partial charge is 0.494 e. The van der Waals surface area contributed by atoms with Crippen molar-refractivity contribution in [2.24, 2.45) is 5.92 Å². The molecule has 0 amide bonds. The van der Waals surface area contributed by atoms with Gasteiger partial charge in [0.25, 0.3) is 0 Å². The van der Waals surface area contributed by atoms with Crippen molar-refractivity contribution in [3.63, 3.8) is 0 Å². The standard InChI is InChI=1S/C14H20O2/c1-3-16-14(12-5-4-6-12)10(2)9-13(15)11-7-8-11/h11H,2-9H2,1H3. The van der Waals surface area contributed by atoms with Crippen LogP contribution in [0.4, 0.5) is 0 Å². The normalized spacial score (nSPS) is 18.9. The molecule has 0 aromatic heterocycles. The highest BCUT2D eigenvalue weighted by Crippen LogP contribution is 2.36. The number of carbonyl (C=O) groups excluding carboxylic acids is 1. The Morgan fingerprint density at radius 2 is 2.12 bits per heavy atom. The summed E-state index contributed by atoms with van der Waals surface area (Å²) in [6.07, 6.45) is 6.12. The first-order chi connectivity index (χ1) is 7.72. The summed E-state index contributed by atoms with van der Waals surface area (Å²) < 4.78 is 5.64. The Hall–Kier alpha value is -1.05. The predicted molar refractivity (Wildman–Crippen MR) is 64.0 cm³/mol. The summed E-state index contributed by atoms with van der Waals surface area (Å²) in [4.78, 5) is 11.7. The van der Waals surface area contributed by atoms with E-state index in [0.717, 1.165) is 37.0 Å². The Kier molecular flexibility index (Phi) is 3.47. The van der Waals surface area contributed by atoms with Gasteiger partial charge in [0.1, 0.15) is 11.5 Å². The quantitative estimate of drug-likeness (QED) is 0.641. The minimum absolute atomic E-state index is 0.325. The van der Waals surface area contributed by atoms with Crippen LogP contribution in [0.2, 0.25) is 0 Å². The van der Waals surface area contributed by atoms with E-state index in [4.69, 9.17) is 4.74 Å². The number of hydrogen-bond acceptors (Lipinski definition) is 2. The summed E-state index contributed by atoms with van der Waals surface area (Å²) in [5, 5.41) is 0. The van der Waals surface area contributed by atoms with Gasteiger partial charge in [-0.25, -0.2) is 0 Å². The Labute approximate surface area is 97.4 Å². The zero-order chi connectivity index (χ0) is 11.5. The van der Waals surface area contributed by atoms with Crippen LogP contribution in [0.1, 0.15) is 45.4 Å². The molecule has 2 fully saturated rings. The lowest BCUT2D eigenvalue weighted by Crippen LogP contribution is -2.10. The monoisotopic (exact) mass is 220 g/mol. The molecule has 2 aliphatic rings. The SMILES string of the molecule is C=C(CC(=O)C1CC1)C(OCC)=C1CCC1. The second-order valence-corrected chi connectivity index (χ2v) is 4.74. The van der Waals surface area contributed by atoms with Gasteiger partial charge in [0.15, 0.2) is 0 Å². The van der Waals surface area contributed by atoms with Crippen molar-refractivity contribution in [2.45, 2.75) is 45.4 Å². The van der Waals surface area contributed by atoms with E-state index in [1.54, 1.807) is 0 Å². The molecule has 0 unspecified atom stereocenters. The highest BCUT2D eigenvalue weighted by Gasteiger charge is 2.30. The smallest absolute Gasteiger partial charge is 0.140 e. The Morgan fingerprint density at radius 3 is 2.56 bits per heavy atom. The summed E-state index contributed by atoms with van der Waals surface area (Å²) in [5.74, 6) is 1.61. The lowest BCUT2D eigenvalue weighted by atomic mass is 9.88. The van der Waals surface area contributed by atoms with Crippen molar-refractivity contribution < 1.29 is 9.53 Å². The lowest BCUT2D eigenvalue weighted by Gasteiger charge is -2.23. The number of carbonyl (C=O) groups is 1. The molecule has 2 saturated carbocycles. The van der Waals surface area contributed by atoms with Crippen molar-refractivity contribution in [1.82, 2.24) is 0 Å². The van der Waals surface area contributed by atoms with Crippen LogP contribution in [0, 0.1) is 5.92 Å². The fraction of sp³-hybridized carbons (Fsp3) is 0.643. The lowest BCUT2D eigenvalue weighted by molar-refractivity contribution is -0.119. The van der Waals surface area contributed by atoms with Gasteiger partial charge >= 0.3 is 0 Å². The Bertz CT molecular complexity index is 329. The summed E-state index contributed by atoms with van der Waals surface area (Å²) in [5.41, 5.74) is 2.25. The number of ketones is 1. The third-order valence-electron chi connectivity index (χ3n) is 3.31. The van der Waals surface area contributed by atoms with Crippen LogP contribution < -0.4 is 0 Å². The van der Waals surface area contributed by atoms with Crippen LogP contribution in [0.5, 0.6) is 0 Å². The molecule has 0 radical (unpaired) electrons. The number of rotatable bonds is 6. The van der Waals surface area contributed by atoms with Gasteiger partial charge in [-0.15, -0.1) is 0 Å². The van der Waals surface area contributed by atoms with Crippen LogP contribution in [-0.4, -0.2) is 12.4 Å². The molecule has 0 atom stereocenters. The zero-order valence-electron chi connectivity index (χ0n) is 10.1. The van der Waals surface area contributed by atoms with E-state index in [2.05, 4.69) is 6.58 Å². The van der Waals surface area contributed by atoms with Crippen molar-refractivity contribution in [1.29, 1.82) is 0 Å². The maximum atomic E-state index is 11.7. The highest BCUT2D eigenvalue weighted by atomic mass is 16.5. The van der Waals surface area contributed by atoms with E-state index in [1.807, 2.05) is 6.92 Å². The second kappa shape index (κ2) is 4.86. The first-order valence-corrected chi connectivity index (χ1v) is 6.28. The van der Waals surface area contributed by atoms with Gasteiger partial charge in [-0.3, -0.25) is 4.79 Å². The van der Waals surface area contributed by atoms with Gasteiger partial charge in [0.2, 0.25) is 0 Å². The van der Waals surface area contributed by atoms with E-state index in [9.17, 15) is 4.79 Å². The first-order valence-electron chi connectivity index (χ1n) is 6.28. The van der Waals surface area contributed by atoms with Crippen molar-refractivity contribution in [3.8, 4) is 0 Å². The van der Waals surface area contributed by atoms with Crippen molar-refractivity contribution in [2.75, 3.05) is 6.61 Å². The van der Waals surface area contributed by atoms with Crippen molar-refractivity contribution >= 4 is 5.78 Å². The fourth-order valence-corrected chi connectivity index (χ4v) is 2.02. The summed E-state index contributed by atoms with van der Waals surface area (Å²) in [6, 6.07) is 0. The van der Waals surface area contributed by atoms with Gasteiger partial charge in [-0.2, -0.15) is 0 Å². The Morgan fingerprint density at radius 1 is 1.44 bits per heavy atom. The molecule has 0 heterocycles. The van der Waals surface area contributed by atoms with Crippen LogP contribution in [0.3, 0.4) is 0 Å². The molecule has 0 aromatic carbocycles.